The lowest BCUT2D eigenvalue weighted by atomic mass is 10.1. The Balaban J connectivity index is 0.00000420. The van der Waals surface area contributed by atoms with E-state index in [1.165, 1.54) is 43.8 Å². The molecule has 1 aromatic heterocycles. The summed E-state index contributed by atoms with van der Waals surface area (Å²) in [6, 6.07) is 6.02. The Morgan fingerprint density at radius 2 is 2.03 bits per heavy atom. The summed E-state index contributed by atoms with van der Waals surface area (Å²) in [6.45, 7) is 10.2. The average molecular weight is 540 g/mol. The van der Waals surface area contributed by atoms with Crippen molar-refractivity contribution in [1.29, 1.82) is 0 Å². The Morgan fingerprint density at radius 3 is 2.71 bits per heavy atom. The first-order valence-electron chi connectivity index (χ1n) is 11.8. The minimum atomic E-state index is -4.05. The van der Waals surface area contributed by atoms with Gasteiger partial charge in [0.1, 0.15) is 16.5 Å². The van der Waals surface area contributed by atoms with Gasteiger partial charge < -0.3 is 9.64 Å². The van der Waals surface area contributed by atoms with Crippen molar-refractivity contribution in [3.8, 4) is 5.75 Å². The van der Waals surface area contributed by atoms with Crippen LogP contribution in [0.4, 0.5) is 10.1 Å². The van der Waals surface area contributed by atoms with Gasteiger partial charge in [0.2, 0.25) is 0 Å². The number of halogens is 1. The Kier molecular flexibility index (Phi) is 8.18. The molecule has 38 heavy (non-hydrogen) atoms. The molecule has 200 valence electrons. The van der Waals surface area contributed by atoms with E-state index in [0.717, 1.165) is 5.56 Å². The number of sulfonamides is 1. The van der Waals surface area contributed by atoms with E-state index in [9.17, 15) is 17.6 Å². The van der Waals surface area contributed by atoms with Gasteiger partial charge in [-0.1, -0.05) is 25.3 Å². The zero-order chi connectivity index (χ0) is 27.3. The fraction of sp³-hybridized carbons (Fsp3) is 0.222. The average Bonchev–Trinajstić information content (AvgIpc) is 2.90. The van der Waals surface area contributed by atoms with Crippen molar-refractivity contribution >= 4 is 27.3 Å². The lowest BCUT2D eigenvalue weighted by Crippen LogP contribution is -2.48. The van der Waals surface area contributed by atoms with Crippen LogP contribution < -0.4 is 9.46 Å². The highest BCUT2D eigenvalue weighted by Gasteiger charge is 2.27. The van der Waals surface area contributed by atoms with Gasteiger partial charge in [-0.25, -0.2) is 12.8 Å². The molecule has 9 nitrogen and oxygen atoms in total. The van der Waals surface area contributed by atoms with Crippen molar-refractivity contribution in [3.05, 3.63) is 102 Å². The molecule has 1 aliphatic carbocycles. The lowest BCUT2D eigenvalue weighted by Gasteiger charge is -2.34. The van der Waals surface area contributed by atoms with Crippen LogP contribution in [0.15, 0.2) is 89.7 Å². The number of nitrogens with zero attached hydrogens (tertiary/aromatic N) is 4. The number of rotatable bonds is 8. The number of carbonyl (C=O) groups excluding carboxylic acids is 1. The van der Waals surface area contributed by atoms with Gasteiger partial charge in [-0.3, -0.25) is 24.4 Å². The van der Waals surface area contributed by atoms with Gasteiger partial charge in [-0.2, -0.15) is 0 Å². The predicted molar refractivity (Wildman–Crippen MR) is 147 cm³/mol. The van der Waals surface area contributed by atoms with Crippen LogP contribution in [0, 0.1) is 5.82 Å². The van der Waals surface area contributed by atoms with Crippen molar-refractivity contribution in [3.63, 3.8) is 0 Å². The van der Waals surface area contributed by atoms with E-state index in [1.807, 2.05) is 0 Å². The highest BCUT2D eigenvalue weighted by Crippen LogP contribution is 2.30. The molecule has 0 spiro atoms. The number of allylic oxidation sites excluding steroid dienone is 5. The first-order chi connectivity index (χ1) is 18.2. The van der Waals surface area contributed by atoms with E-state index in [1.54, 1.807) is 29.3 Å². The fourth-order valence-corrected chi connectivity index (χ4v) is 5.49. The first-order valence-corrected chi connectivity index (χ1v) is 13.3. The Labute approximate surface area is 222 Å². The van der Waals surface area contributed by atoms with Gasteiger partial charge in [0.15, 0.2) is 0 Å². The number of hydrogen-bond donors (Lipinski definition) is 1. The summed E-state index contributed by atoms with van der Waals surface area (Å²) in [4.78, 5) is 24.9. The third-order valence-electron chi connectivity index (χ3n) is 6.11. The number of pyridine rings is 1. The van der Waals surface area contributed by atoms with Crippen LogP contribution >= 0.6 is 0 Å². The molecule has 1 fully saturated rings. The quantitative estimate of drug-likeness (QED) is 0.548. The molecule has 1 amide bonds. The zero-order valence-electron chi connectivity index (χ0n) is 20.9. The lowest BCUT2D eigenvalue weighted by molar-refractivity contribution is 0.0628. The number of anilines is 1. The molecule has 1 N–H and O–H groups in total. The minimum absolute atomic E-state index is 0. The van der Waals surface area contributed by atoms with E-state index in [4.69, 9.17) is 4.74 Å². The van der Waals surface area contributed by atoms with Crippen LogP contribution in [-0.4, -0.2) is 68.1 Å². The van der Waals surface area contributed by atoms with E-state index in [0.29, 0.717) is 43.9 Å². The molecule has 0 bridgehead atoms. The van der Waals surface area contributed by atoms with Gasteiger partial charge in [0.25, 0.3) is 15.9 Å². The molecule has 1 saturated heterocycles. The molecule has 0 radical (unpaired) electrons. The second kappa shape index (κ2) is 11.5. The SMILES string of the molecule is C=CN=C1C(=C)C=CC=C1S(=O)(=O)Nc1ccc(C(=O)N2CCN(Cc3cncc(F)c3)CC2)cc1OC.[HH]. The topological polar surface area (TPSA) is 104 Å². The molecular weight excluding hydrogens is 509 g/mol. The molecule has 1 aromatic carbocycles. The number of amides is 1. The van der Waals surface area contributed by atoms with Gasteiger partial charge in [0, 0.05) is 52.1 Å². The van der Waals surface area contributed by atoms with Gasteiger partial charge >= 0.3 is 0 Å². The maximum absolute atomic E-state index is 13.4. The first kappa shape index (κ1) is 27.0. The Hall–Kier alpha value is -4.09. The number of nitrogens with one attached hydrogen (secondary N) is 1. The number of aromatic nitrogens is 1. The van der Waals surface area contributed by atoms with Crippen LogP contribution in [0.2, 0.25) is 0 Å². The molecule has 2 aliphatic rings. The number of piperazine rings is 1. The van der Waals surface area contributed by atoms with E-state index < -0.39 is 10.0 Å². The smallest absolute Gasteiger partial charge is 0.264 e. The molecule has 0 saturated carbocycles. The summed E-state index contributed by atoms with van der Waals surface area (Å²) in [5.41, 5.74) is 1.95. The molecule has 11 heteroatoms. The summed E-state index contributed by atoms with van der Waals surface area (Å²) < 4.78 is 47.7. The largest absolute Gasteiger partial charge is 0.495 e. The van der Waals surface area contributed by atoms with Crippen LogP contribution in [0.1, 0.15) is 17.3 Å². The fourth-order valence-electron chi connectivity index (χ4n) is 4.22. The number of aliphatic imine (C=N–C) groups is 1. The summed E-state index contributed by atoms with van der Waals surface area (Å²) in [6.07, 6.45) is 8.71. The maximum atomic E-state index is 13.4. The number of hydrogen-bond acceptors (Lipinski definition) is 7. The van der Waals surface area contributed by atoms with Crippen molar-refractivity contribution in [2.75, 3.05) is 38.0 Å². The van der Waals surface area contributed by atoms with Crippen LogP contribution in [0.25, 0.3) is 0 Å². The monoisotopic (exact) mass is 539 g/mol. The van der Waals surface area contributed by atoms with Gasteiger partial charge in [-0.15, -0.1) is 0 Å². The third-order valence-corrected chi connectivity index (χ3v) is 7.51. The highest BCUT2D eigenvalue weighted by molar-refractivity contribution is 7.97. The minimum Gasteiger partial charge on any atom is -0.495 e. The van der Waals surface area contributed by atoms with E-state index in [2.05, 4.69) is 32.8 Å². The molecule has 2 heterocycles. The van der Waals surface area contributed by atoms with Crippen molar-refractivity contribution in [2.24, 2.45) is 4.99 Å². The van der Waals surface area contributed by atoms with Crippen LogP contribution in [0.3, 0.4) is 0 Å². The molecular formula is C27H30FN5O4S. The molecule has 1 aliphatic heterocycles. The van der Waals surface area contributed by atoms with Crippen LogP contribution in [-0.2, 0) is 16.6 Å². The second-order valence-electron chi connectivity index (χ2n) is 8.68. The van der Waals surface area contributed by atoms with Crippen molar-refractivity contribution in [1.82, 2.24) is 14.8 Å². The standard InChI is InChI=1S/C27H28FN5O4S.H2/c1-4-30-26-19(2)6-5-7-25(26)38(35,36)31-23-9-8-21(15-24(23)37-3)27(34)33-12-10-32(11-13-33)18-20-14-22(28)17-29-16-20;/h4-9,14-17,31H,1-2,10-13,18H2,3H3;1H. The highest BCUT2D eigenvalue weighted by atomic mass is 32.2. The molecule has 0 atom stereocenters. The molecule has 4 rings (SSSR count). The van der Waals surface area contributed by atoms with Crippen molar-refractivity contribution < 1.29 is 23.8 Å². The van der Waals surface area contributed by atoms with E-state index >= 15 is 0 Å². The molecule has 2 aromatic rings. The summed E-state index contributed by atoms with van der Waals surface area (Å²) in [5.74, 6) is -0.370. The number of ether oxygens (including phenoxy) is 1. The number of methoxy groups -OCH3 is 1. The van der Waals surface area contributed by atoms with Crippen LogP contribution in [0.5, 0.6) is 5.75 Å². The second-order valence-corrected chi connectivity index (χ2v) is 10.3. The number of benzene rings is 1. The Morgan fingerprint density at radius 1 is 1.26 bits per heavy atom. The molecule has 0 unspecified atom stereocenters. The van der Waals surface area contributed by atoms with E-state index in [-0.39, 0.29) is 35.2 Å². The third kappa shape index (κ3) is 6.06. The normalized spacial score (nSPS) is 17.3. The zero-order valence-corrected chi connectivity index (χ0v) is 21.7. The summed E-state index contributed by atoms with van der Waals surface area (Å²) in [5, 5.41) is 0. The summed E-state index contributed by atoms with van der Waals surface area (Å²) in [7, 11) is -2.65. The number of carbonyl (C=O) groups is 1. The van der Waals surface area contributed by atoms with Crippen molar-refractivity contribution in [2.45, 2.75) is 6.54 Å². The van der Waals surface area contributed by atoms with Gasteiger partial charge in [0.05, 0.1) is 24.7 Å². The van der Waals surface area contributed by atoms with Gasteiger partial charge in [-0.05, 0) is 41.5 Å². The summed E-state index contributed by atoms with van der Waals surface area (Å²) >= 11 is 0. The predicted octanol–water partition coefficient (Wildman–Crippen LogP) is 3.77. The maximum Gasteiger partial charge on any atom is 0.264 e. The Bertz CT molecular complexity index is 1460.